The smallest absolute Gasteiger partial charge is 0.0194 e. The van der Waals surface area contributed by atoms with Crippen molar-refractivity contribution in [2.75, 3.05) is 32.7 Å². The van der Waals surface area contributed by atoms with Crippen molar-refractivity contribution in [1.82, 2.24) is 10.2 Å². The van der Waals surface area contributed by atoms with Crippen molar-refractivity contribution >= 4 is 0 Å². The topological polar surface area (TPSA) is 15.3 Å². The summed E-state index contributed by atoms with van der Waals surface area (Å²) in [5.41, 5.74) is 1.40. The van der Waals surface area contributed by atoms with Crippen molar-refractivity contribution < 1.29 is 0 Å². The van der Waals surface area contributed by atoms with Gasteiger partial charge in [-0.15, -0.1) is 0 Å². The molecule has 0 aromatic heterocycles. The SMILES string of the molecule is C=C/C=C(\C)CN1CCNCC1. The average molecular weight is 166 g/mol. The summed E-state index contributed by atoms with van der Waals surface area (Å²) in [6.45, 7) is 11.5. The van der Waals surface area contributed by atoms with Crippen LogP contribution in [-0.4, -0.2) is 37.6 Å². The lowest BCUT2D eigenvalue weighted by atomic mass is 10.2. The maximum absolute atomic E-state index is 3.69. The highest BCUT2D eigenvalue weighted by atomic mass is 15.2. The van der Waals surface area contributed by atoms with E-state index in [2.05, 4.69) is 29.8 Å². The molecular weight excluding hydrogens is 148 g/mol. The Kier molecular flexibility index (Phi) is 4.05. The van der Waals surface area contributed by atoms with Crippen LogP contribution in [0.4, 0.5) is 0 Å². The fourth-order valence-electron chi connectivity index (χ4n) is 1.48. The van der Waals surface area contributed by atoms with Gasteiger partial charge in [0.2, 0.25) is 0 Å². The first-order chi connectivity index (χ1) is 5.83. The van der Waals surface area contributed by atoms with Crippen molar-refractivity contribution in [3.8, 4) is 0 Å². The molecule has 0 unspecified atom stereocenters. The molecule has 0 saturated carbocycles. The summed E-state index contributed by atoms with van der Waals surface area (Å²) in [6.07, 6.45) is 3.94. The van der Waals surface area contributed by atoms with Crippen molar-refractivity contribution in [3.63, 3.8) is 0 Å². The minimum absolute atomic E-state index is 1.09. The molecule has 1 rings (SSSR count). The lowest BCUT2D eigenvalue weighted by Crippen LogP contribution is -2.43. The summed E-state index contributed by atoms with van der Waals surface area (Å²) >= 11 is 0. The second kappa shape index (κ2) is 5.12. The van der Waals surface area contributed by atoms with Gasteiger partial charge in [-0.2, -0.15) is 0 Å². The number of nitrogens with zero attached hydrogens (tertiary/aromatic N) is 1. The van der Waals surface area contributed by atoms with Gasteiger partial charge in [0, 0.05) is 32.7 Å². The third-order valence-electron chi connectivity index (χ3n) is 2.08. The second-order valence-corrected chi connectivity index (χ2v) is 3.27. The zero-order valence-electron chi connectivity index (χ0n) is 7.84. The number of allylic oxidation sites excluding steroid dienone is 2. The van der Waals surface area contributed by atoms with Gasteiger partial charge in [-0.1, -0.05) is 24.3 Å². The van der Waals surface area contributed by atoms with Gasteiger partial charge in [-0.05, 0) is 6.92 Å². The molecule has 1 heterocycles. The third kappa shape index (κ3) is 3.20. The monoisotopic (exact) mass is 166 g/mol. The van der Waals surface area contributed by atoms with Crippen molar-refractivity contribution in [2.24, 2.45) is 0 Å². The van der Waals surface area contributed by atoms with E-state index in [0.717, 1.165) is 19.6 Å². The lowest BCUT2D eigenvalue weighted by Gasteiger charge is -2.27. The van der Waals surface area contributed by atoms with Crippen LogP contribution in [0.5, 0.6) is 0 Å². The molecule has 1 N–H and O–H groups in total. The molecule has 1 saturated heterocycles. The lowest BCUT2D eigenvalue weighted by molar-refractivity contribution is 0.259. The van der Waals surface area contributed by atoms with Crippen LogP contribution in [0.15, 0.2) is 24.3 Å². The summed E-state index contributed by atoms with van der Waals surface area (Å²) in [5, 5.41) is 3.34. The van der Waals surface area contributed by atoms with Crippen LogP contribution in [0.1, 0.15) is 6.92 Å². The molecule has 0 amide bonds. The Labute approximate surface area is 74.9 Å². The Balaban J connectivity index is 2.28. The van der Waals surface area contributed by atoms with Gasteiger partial charge in [0.25, 0.3) is 0 Å². The van der Waals surface area contributed by atoms with E-state index in [1.165, 1.54) is 18.7 Å². The van der Waals surface area contributed by atoms with Gasteiger partial charge in [0.05, 0.1) is 0 Å². The zero-order valence-corrected chi connectivity index (χ0v) is 7.84. The molecule has 0 radical (unpaired) electrons. The molecule has 2 nitrogen and oxygen atoms in total. The van der Waals surface area contributed by atoms with Gasteiger partial charge in [-0.3, -0.25) is 4.90 Å². The molecule has 0 bridgehead atoms. The van der Waals surface area contributed by atoms with Crippen LogP contribution in [0.3, 0.4) is 0 Å². The van der Waals surface area contributed by atoms with E-state index in [1.54, 1.807) is 0 Å². The summed E-state index contributed by atoms with van der Waals surface area (Å²) in [4.78, 5) is 2.46. The van der Waals surface area contributed by atoms with Gasteiger partial charge in [0.15, 0.2) is 0 Å². The van der Waals surface area contributed by atoms with E-state index in [9.17, 15) is 0 Å². The Morgan fingerprint density at radius 2 is 2.17 bits per heavy atom. The van der Waals surface area contributed by atoms with E-state index in [0.29, 0.717) is 0 Å². The van der Waals surface area contributed by atoms with Crippen molar-refractivity contribution in [1.29, 1.82) is 0 Å². The van der Waals surface area contributed by atoms with Crippen LogP contribution < -0.4 is 5.32 Å². The zero-order chi connectivity index (χ0) is 8.81. The highest BCUT2D eigenvalue weighted by Gasteiger charge is 2.08. The quantitative estimate of drug-likeness (QED) is 0.630. The molecule has 12 heavy (non-hydrogen) atoms. The first-order valence-corrected chi connectivity index (χ1v) is 4.54. The number of hydrogen-bond donors (Lipinski definition) is 1. The fraction of sp³-hybridized carbons (Fsp3) is 0.600. The fourth-order valence-corrected chi connectivity index (χ4v) is 1.48. The molecule has 1 aliphatic rings. The van der Waals surface area contributed by atoms with Crippen LogP contribution in [0, 0.1) is 0 Å². The Hall–Kier alpha value is -0.600. The maximum Gasteiger partial charge on any atom is 0.0194 e. The molecule has 0 spiro atoms. The summed E-state index contributed by atoms with van der Waals surface area (Å²) in [6, 6.07) is 0. The minimum atomic E-state index is 1.09. The molecule has 68 valence electrons. The molecule has 1 aliphatic heterocycles. The third-order valence-corrected chi connectivity index (χ3v) is 2.08. The van der Waals surface area contributed by atoms with Crippen LogP contribution in [0.2, 0.25) is 0 Å². The molecule has 0 atom stereocenters. The first kappa shape index (κ1) is 9.49. The summed E-state index contributed by atoms with van der Waals surface area (Å²) in [5.74, 6) is 0. The number of hydrogen-bond acceptors (Lipinski definition) is 2. The molecule has 1 fully saturated rings. The molecular formula is C10H18N2. The van der Waals surface area contributed by atoms with E-state index in [-0.39, 0.29) is 0 Å². The van der Waals surface area contributed by atoms with E-state index in [4.69, 9.17) is 0 Å². The van der Waals surface area contributed by atoms with Gasteiger partial charge < -0.3 is 5.32 Å². The molecule has 0 aromatic carbocycles. The molecule has 0 aliphatic carbocycles. The van der Waals surface area contributed by atoms with Crippen molar-refractivity contribution in [3.05, 3.63) is 24.3 Å². The normalized spacial score (nSPS) is 20.9. The highest BCUT2D eigenvalue weighted by molar-refractivity contribution is 5.09. The van der Waals surface area contributed by atoms with Gasteiger partial charge in [-0.25, -0.2) is 0 Å². The summed E-state index contributed by atoms with van der Waals surface area (Å²) in [7, 11) is 0. The second-order valence-electron chi connectivity index (χ2n) is 3.27. The molecule has 0 aromatic rings. The highest BCUT2D eigenvalue weighted by Crippen LogP contribution is 1.99. The standard InChI is InChI=1S/C10H18N2/c1-3-4-10(2)9-12-7-5-11-6-8-12/h3-4,11H,1,5-9H2,2H3/b10-4+. The number of piperazine rings is 1. The van der Waals surface area contributed by atoms with Gasteiger partial charge >= 0.3 is 0 Å². The molecule has 2 heteroatoms. The van der Waals surface area contributed by atoms with Crippen molar-refractivity contribution in [2.45, 2.75) is 6.92 Å². The first-order valence-electron chi connectivity index (χ1n) is 4.54. The predicted molar refractivity (Wildman–Crippen MR) is 53.3 cm³/mol. The van der Waals surface area contributed by atoms with E-state index >= 15 is 0 Å². The van der Waals surface area contributed by atoms with E-state index < -0.39 is 0 Å². The predicted octanol–water partition coefficient (Wildman–Crippen LogP) is 1.02. The largest absolute Gasteiger partial charge is 0.314 e. The van der Waals surface area contributed by atoms with Crippen LogP contribution >= 0.6 is 0 Å². The minimum Gasteiger partial charge on any atom is -0.314 e. The van der Waals surface area contributed by atoms with E-state index in [1.807, 2.05) is 6.08 Å². The Morgan fingerprint density at radius 1 is 1.50 bits per heavy atom. The Morgan fingerprint density at radius 3 is 2.75 bits per heavy atom. The number of nitrogens with one attached hydrogen (secondary N) is 1. The maximum atomic E-state index is 3.69. The average Bonchev–Trinajstić information content (AvgIpc) is 2.06. The van der Waals surface area contributed by atoms with Crippen LogP contribution in [-0.2, 0) is 0 Å². The number of rotatable bonds is 3. The van der Waals surface area contributed by atoms with Crippen LogP contribution in [0.25, 0.3) is 0 Å². The Bertz CT molecular complexity index is 167. The van der Waals surface area contributed by atoms with Gasteiger partial charge in [0.1, 0.15) is 0 Å². The summed E-state index contributed by atoms with van der Waals surface area (Å²) < 4.78 is 0.